The van der Waals surface area contributed by atoms with E-state index in [-0.39, 0.29) is 5.66 Å². The Morgan fingerprint density at radius 3 is 2.83 bits per heavy atom. The molecule has 1 saturated heterocycles. The third-order valence-corrected chi connectivity index (χ3v) is 4.17. The molecule has 2 aliphatic rings. The highest BCUT2D eigenvalue weighted by Gasteiger charge is 2.42. The van der Waals surface area contributed by atoms with Gasteiger partial charge in [0.05, 0.1) is 5.69 Å². The van der Waals surface area contributed by atoms with Gasteiger partial charge in [0.1, 0.15) is 5.66 Å². The van der Waals surface area contributed by atoms with Crippen LogP contribution in [0.5, 0.6) is 0 Å². The van der Waals surface area contributed by atoms with Crippen molar-refractivity contribution in [2.24, 2.45) is 5.92 Å². The molecule has 0 amide bonds. The number of hydrazine groups is 1. The predicted octanol–water partition coefficient (Wildman–Crippen LogP) is 2.79. The molecule has 1 aliphatic carbocycles. The first kappa shape index (κ1) is 11.9. The smallest absolute Gasteiger partial charge is 0.189 e. The molecule has 1 heterocycles. The van der Waals surface area contributed by atoms with Gasteiger partial charge in [-0.25, -0.2) is 5.43 Å². The standard InChI is InChI=1S/C14H19N3S/c1-11-6-5-9-14(10-11)15-13(18)17(16-14)12-7-3-2-4-8-12/h2-4,7-8,11,16H,5-6,9-10H2,1H3,(H,15,18)/t11-,14+/m0/s1. The number of benzene rings is 1. The van der Waals surface area contributed by atoms with E-state index in [1.165, 1.54) is 12.8 Å². The molecule has 0 bridgehead atoms. The summed E-state index contributed by atoms with van der Waals surface area (Å²) >= 11 is 5.47. The van der Waals surface area contributed by atoms with Crippen LogP contribution >= 0.6 is 12.2 Å². The van der Waals surface area contributed by atoms with Gasteiger partial charge in [-0.3, -0.25) is 5.01 Å². The Balaban J connectivity index is 1.82. The molecular formula is C14H19N3S. The first-order valence-electron chi connectivity index (χ1n) is 6.64. The Morgan fingerprint density at radius 1 is 1.33 bits per heavy atom. The van der Waals surface area contributed by atoms with Crippen LogP contribution in [0.3, 0.4) is 0 Å². The van der Waals surface area contributed by atoms with Crippen LogP contribution in [0, 0.1) is 5.92 Å². The minimum atomic E-state index is -0.0232. The summed E-state index contributed by atoms with van der Waals surface area (Å²) in [6, 6.07) is 10.2. The molecule has 2 fully saturated rings. The van der Waals surface area contributed by atoms with E-state index in [9.17, 15) is 0 Å². The molecule has 3 rings (SSSR count). The fraction of sp³-hybridized carbons (Fsp3) is 0.500. The lowest BCUT2D eigenvalue weighted by Gasteiger charge is -2.36. The van der Waals surface area contributed by atoms with Gasteiger partial charge in [-0.05, 0) is 49.5 Å². The summed E-state index contributed by atoms with van der Waals surface area (Å²) in [5.74, 6) is 0.747. The van der Waals surface area contributed by atoms with Gasteiger partial charge >= 0.3 is 0 Å². The van der Waals surface area contributed by atoms with Crippen molar-refractivity contribution in [3.05, 3.63) is 30.3 Å². The van der Waals surface area contributed by atoms with Gasteiger partial charge in [0.25, 0.3) is 0 Å². The maximum atomic E-state index is 5.47. The first-order chi connectivity index (χ1) is 8.69. The van der Waals surface area contributed by atoms with E-state index in [1.54, 1.807) is 0 Å². The third kappa shape index (κ3) is 2.10. The van der Waals surface area contributed by atoms with Gasteiger partial charge < -0.3 is 5.32 Å². The van der Waals surface area contributed by atoms with E-state index < -0.39 is 0 Å². The fourth-order valence-corrected chi connectivity index (χ4v) is 3.42. The summed E-state index contributed by atoms with van der Waals surface area (Å²) in [4.78, 5) is 0. The maximum absolute atomic E-state index is 5.47. The minimum absolute atomic E-state index is 0.0232. The fourth-order valence-electron chi connectivity index (χ4n) is 3.08. The van der Waals surface area contributed by atoms with Crippen LogP contribution in [-0.4, -0.2) is 10.8 Å². The van der Waals surface area contributed by atoms with Gasteiger partial charge in [0.2, 0.25) is 0 Å². The highest BCUT2D eigenvalue weighted by molar-refractivity contribution is 7.80. The summed E-state index contributed by atoms with van der Waals surface area (Å²) in [5.41, 5.74) is 4.66. The van der Waals surface area contributed by atoms with E-state index in [4.69, 9.17) is 12.2 Å². The maximum Gasteiger partial charge on any atom is 0.189 e. The molecule has 1 spiro atoms. The minimum Gasteiger partial charge on any atom is -0.342 e. The number of hydrogen-bond acceptors (Lipinski definition) is 2. The van der Waals surface area contributed by atoms with E-state index in [1.807, 2.05) is 23.2 Å². The molecule has 96 valence electrons. The number of nitrogens with one attached hydrogen (secondary N) is 2. The summed E-state index contributed by atoms with van der Waals surface area (Å²) < 4.78 is 0. The number of nitrogens with zero attached hydrogens (tertiary/aromatic N) is 1. The summed E-state index contributed by atoms with van der Waals surface area (Å²) in [6.07, 6.45) is 4.85. The molecule has 18 heavy (non-hydrogen) atoms. The largest absolute Gasteiger partial charge is 0.342 e. The van der Waals surface area contributed by atoms with Gasteiger partial charge in [0, 0.05) is 0 Å². The van der Waals surface area contributed by atoms with E-state index >= 15 is 0 Å². The lowest BCUT2D eigenvalue weighted by atomic mass is 9.83. The Kier molecular flexibility index (Phi) is 2.99. The molecule has 2 N–H and O–H groups in total. The number of hydrogen-bond donors (Lipinski definition) is 2. The molecule has 1 aliphatic heterocycles. The van der Waals surface area contributed by atoms with Crippen LogP contribution in [-0.2, 0) is 0 Å². The predicted molar refractivity (Wildman–Crippen MR) is 78.2 cm³/mol. The van der Waals surface area contributed by atoms with Crippen LogP contribution in [0.1, 0.15) is 32.6 Å². The highest BCUT2D eigenvalue weighted by atomic mass is 32.1. The number of anilines is 1. The van der Waals surface area contributed by atoms with Crippen molar-refractivity contribution in [1.82, 2.24) is 10.7 Å². The average molecular weight is 261 g/mol. The van der Waals surface area contributed by atoms with Gasteiger partial charge in [0.15, 0.2) is 5.11 Å². The Labute approximate surface area is 114 Å². The third-order valence-electron chi connectivity index (χ3n) is 3.89. The topological polar surface area (TPSA) is 27.3 Å². The van der Waals surface area contributed by atoms with Crippen molar-refractivity contribution in [2.75, 3.05) is 5.01 Å². The zero-order valence-electron chi connectivity index (χ0n) is 10.6. The number of rotatable bonds is 1. The first-order valence-corrected chi connectivity index (χ1v) is 7.04. The van der Waals surface area contributed by atoms with Crippen molar-refractivity contribution < 1.29 is 0 Å². The molecule has 3 nitrogen and oxygen atoms in total. The van der Waals surface area contributed by atoms with Gasteiger partial charge in [-0.2, -0.15) is 0 Å². The van der Waals surface area contributed by atoms with Crippen molar-refractivity contribution in [1.29, 1.82) is 0 Å². The summed E-state index contributed by atoms with van der Waals surface area (Å²) in [5, 5.41) is 6.29. The second-order valence-electron chi connectivity index (χ2n) is 5.50. The molecule has 1 saturated carbocycles. The second-order valence-corrected chi connectivity index (χ2v) is 5.88. The number of para-hydroxylation sites is 1. The van der Waals surface area contributed by atoms with Crippen LogP contribution in [0.15, 0.2) is 30.3 Å². The zero-order valence-corrected chi connectivity index (χ0v) is 11.5. The number of thiocarbonyl (C=S) groups is 1. The average Bonchev–Trinajstić information content (AvgIpc) is 2.67. The normalized spacial score (nSPS) is 31.7. The van der Waals surface area contributed by atoms with Crippen LogP contribution < -0.4 is 15.8 Å². The SMILES string of the molecule is C[C@H]1CCC[C@@]2(C1)NC(=S)N(c1ccccc1)N2. The van der Waals surface area contributed by atoms with Crippen LogP contribution in [0.2, 0.25) is 0 Å². The van der Waals surface area contributed by atoms with E-state index in [2.05, 4.69) is 29.8 Å². The highest BCUT2D eigenvalue weighted by Crippen LogP contribution is 2.34. The molecule has 0 unspecified atom stereocenters. The lowest BCUT2D eigenvalue weighted by molar-refractivity contribution is 0.192. The monoisotopic (exact) mass is 261 g/mol. The van der Waals surface area contributed by atoms with Crippen molar-refractivity contribution in [3.63, 3.8) is 0 Å². The summed E-state index contributed by atoms with van der Waals surface area (Å²) in [6.45, 7) is 2.32. The van der Waals surface area contributed by atoms with Crippen molar-refractivity contribution in [2.45, 2.75) is 38.3 Å². The zero-order chi connectivity index (χ0) is 12.6. The lowest BCUT2D eigenvalue weighted by Crippen LogP contribution is -2.53. The van der Waals surface area contributed by atoms with Crippen molar-refractivity contribution >= 4 is 23.0 Å². The molecule has 1 aromatic carbocycles. The molecular weight excluding hydrogens is 242 g/mol. The Morgan fingerprint density at radius 2 is 2.11 bits per heavy atom. The Bertz CT molecular complexity index is 448. The van der Waals surface area contributed by atoms with Gasteiger partial charge in [-0.1, -0.05) is 31.5 Å². The van der Waals surface area contributed by atoms with Crippen LogP contribution in [0.25, 0.3) is 0 Å². The Hall–Kier alpha value is -1.13. The molecule has 1 aromatic rings. The molecule has 4 heteroatoms. The van der Waals surface area contributed by atoms with Crippen molar-refractivity contribution in [3.8, 4) is 0 Å². The molecule has 0 aromatic heterocycles. The summed E-state index contributed by atoms with van der Waals surface area (Å²) in [7, 11) is 0. The van der Waals surface area contributed by atoms with E-state index in [0.717, 1.165) is 29.6 Å². The van der Waals surface area contributed by atoms with E-state index in [0.29, 0.717) is 0 Å². The van der Waals surface area contributed by atoms with Gasteiger partial charge in [-0.15, -0.1) is 0 Å². The molecule has 0 radical (unpaired) electrons. The van der Waals surface area contributed by atoms with Crippen LogP contribution in [0.4, 0.5) is 5.69 Å². The second kappa shape index (κ2) is 4.52. The quantitative estimate of drug-likeness (QED) is 0.760. The molecule has 2 atom stereocenters.